The van der Waals surface area contributed by atoms with Crippen LogP contribution < -0.4 is 0 Å². The van der Waals surface area contributed by atoms with Gasteiger partial charge in [-0.1, -0.05) is 19.9 Å². The average Bonchev–Trinajstić information content (AvgIpc) is 2.60. The van der Waals surface area contributed by atoms with Crippen molar-refractivity contribution in [1.82, 2.24) is 9.97 Å². The lowest BCUT2D eigenvalue weighted by Crippen LogP contribution is -1.88. The number of H-pyrrole nitrogens is 2. The zero-order valence-corrected chi connectivity index (χ0v) is 9.22. The summed E-state index contributed by atoms with van der Waals surface area (Å²) >= 11 is 4.83. The minimum absolute atomic E-state index is 0.0323. The fourth-order valence-corrected chi connectivity index (χ4v) is 1.41. The van der Waals surface area contributed by atoms with Crippen LogP contribution in [0.15, 0.2) is 18.2 Å². The Labute approximate surface area is 91.3 Å². The molecule has 2 aromatic rings. The second-order valence-electron chi connectivity index (χ2n) is 2.54. The van der Waals surface area contributed by atoms with E-state index in [0.717, 1.165) is 0 Å². The Bertz CT molecular complexity index is 529. The number of hydrogen-bond acceptors (Lipinski definition) is 3. The Morgan fingerprint density at radius 2 is 2.00 bits per heavy atom. The predicted molar refractivity (Wildman–Crippen MR) is 61.5 cm³/mol. The molecule has 0 radical (unpaired) electrons. The van der Waals surface area contributed by atoms with Gasteiger partial charge in [-0.25, -0.2) is 0 Å². The molecule has 1 aromatic carbocycles. The molecule has 0 bridgehead atoms. The molecule has 0 aliphatic carbocycles. The van der Waals surface area contributed by atoms with E-state index >= 15 is 0 Å². The molecule has 0 unspecified atom stereocenters. The zero-order chi connectivity index (χ0) is 11.4. The van der Waals surface area contributed by atoms with Gasteiger partial charge in [-0.15, -0.1) is 0 Å². The number of hydrogen-bond donors (Lipinski definition) is 2. The summed E-state index contributed by atoms with van der Waals surface area (Å²) in [5.74, 6) is 0. The molecule has 2 N–H and O–H groups in total. The SMILES string of the molecule is CC.O=[N+]([O-])c1cccc2[nH]c(=S)[nH]c12. The third kappa shape index (κ3) is 2.21. The Balaban J connectivity index is 0.000000531. The summed E-state index contributed by atoms with van der Waals surface area (Å²) in [6.45, 7) is 4.00. The van der Waals surface area contributed by atoms with Gasteiger partial charge in [0.2, 0.25) is 0 Å². The van der Waals surface area contributed by atoms with Crippen LogP contribution in [-0.4, -0.2) is 14.9 Å². The second kappa shape index (κ2) is 4.70. The van der Waals surface area contributed by atoms with Crippen molar-refractivity contribution >= 4 is 28.9 Å². The molecule has 0 atom stereocenters. The number of nitro groups is 1. The predicted octanol–water partition coefficient (Wildman–Crippen LogP) is 3.16. The van der Waals surface area contributed by atoms with E-state index in [9.17, 15) is 10.1 Å². The van der Waals surface area contributed by atoms with Crippen LogP contribution in [0.1, 0.15) is 13.8 Å². The van der Waals surface area contributed by atoms with Gasteiger partial charge in [-0.05, 0) is 18.3 Å². The summed E-state index contributed by atoms with van der Waals surface area (Å²) in [6.07, 6.45) is 0. The van der Waals surface area contributed by atoms with E-state index in [4.69, 9.17) is 12.2 Å². The van der Waals surface area contributed by atoms with Gasteiger partial charge in [0.25, 0.3) is 5.69 Å². The van der Waals surface area contributed by atoms with E-state index in [1.807, 2.05) is 13.8 Å². The summed E-state index contributed by atoms with van der Waals surface area (Å²) in [7, 11) is 0. The number of nitro benzene ring substituents is 1. The van der Waals surface area contributed by atoms with Crippen molar-refractivity contribution in [3.8, 4) is 0 Å². The molecule has 1 heterocycles. The molecule has 0 aliphatic rings. The molecule has 0 amide bonds. The van der Waals surface area contributed by atoms with Gasteiger partial charge in [0.1, 0.15) is 5.52 Å². The highest BCUT2D eigenvalue weighted by Gasteiger charge is 2.11. The molecule has 80 valence electrons. The smallest absolute Gasteiger partial charge is 0.294 e. The number of para-hydroxylation sites is 1. The van der Waals surface area contributed by atoms with Gasteiger partial charge >= 0.3 is 0 Å². The highest BCUT2D eigenvalue weighted by molar-refractivity contribution is 7.71. The molecule has 0 saturated heterocycles. The molecule has 0 aliphatic heterocycles. The van der Waals surface area contributed by atoms with Crippen LogP contribution in [0.5, 0.6) is 0 Å². The van der Waals surface area contributed by atoms with Crippen LogP contribution in [0.3, 0.4) is 0 Å². The first kappa shape index (κ1) is 11.4. The summed E-state index contributed by atoms with van der Waals surface area (Å²) in [5.41, 5.74) is 1.13. The molecule has 6 heteroatoms. The third-order valence-electron chi connectivity index (χ3n) is 1.73. The summed E-state index contributed by atoms with van der Waals surface area (Å²) in [6, 6.07) is 4.77. The van der Waals surface area contributed by atoms with Gasteiger partial charge in [-0.2, -0.15) is 0 Å². The van der Waals surface area contributed by atoms with E-state index in [-0.39, 0.29) is 5.69 Å². The largest absolute Gasteiger partial charge is 0.331 e. The molecule has 0 spiro atoms. The molecule has 1 aromatic heterocycles. The lowest BCUT2D eigenvalue weighted by molar-refractivity contribution is -0.383. The average molecular weight is 225 g/mol. The zero-order valence-electron chi connectivity index (χ0n) is 8.40. The van der Waals surface area contributed by atoms with Crippen LogP contribution in [0.25, 0.3) is 11.0 Å². The second-order valence-corrected chi connectivity index (χ2v) is 2.94. The number of nitrogens with zero attached hydrogens (tertiary/aromatic N) is 1. The number of benzene rings is 1. The summed E-state index contributed by atoms with van der Waals surface area (Å²) in [4.78, 5) is 15.7. The maximum absolute atomic E-state index is 10.6. The third-order valence-corrected chi connectivity index (χ3v) is 1.93. The van der Waals surface area contributed by atoms with Crippen LogP contribution in [0.2, 0.25) is 0 Å². The molecular weight excluding hydrogens is 214 g/mol. The van der Waals surface area contributed by atoms with Crippen molar-refractivity contribution in [1.29, 1.82) is 0 Å². The highest BCUT2D eigenvalue weighted by atomic mass is 32.1. The topological polar surface area (TPSA) is 74.7 Å². The van der Waals surface area contributed by atoms with Crippen LogP contribution in [-0.2, 0) is 0 Å². The van der Waals surface area contributed by atoms with E-state index in [0.29, 0.717) is 15.8 Å². The first-order chi connectivity index (χ1) is 7.18. The quantitative estimate of drug-likeness (QED) is 0.444. The van der Waals surface area contributed by atoms with Crippen molar-refractivity contribution in [2.45, 2.75) is 13.8 Å². The fraction of sp³-hybridized carbons (Fsp3) is 0.222. The number of imidazole rings is 1. The first-order valence-corrected chi connectivity index (χ1v) is 4.95. The summed E-state index contributed by atoms with van der Waals surface area (Å²) < 4.78 is 0.393. The number of fused-ring (bicyclic) bond motifs is 1. The Hall–Kier alpha value is -1.69. The number of aromatic amines is 2. The van der Waals surface area contributed by atoms with Crippen molar-refractivity contribution in [2.24, 2.45) is 0 Å². The van der Waals surface area contributed by atoms with Gasteiger partial charge in [-0.3, -0.25) is 10.1 Å². The van der Waals surface area contributed by atoms with Crippen LogP contribution in [0.4, 0.5) is 5.69 Å². The Kier molecular flexibility index (Phi) is 3.56. The molecular formula is C9H11N3O2S. The van der Waals surface area contributed by atoms with Crippen molar-refractivity contribution < 1.29 is 4.92 Å². The first-order valence-electron chi connectivity index (χ1n) is 4.54. The van der Waals surface area contributed by atoms with Crippen molar-refractivity contribution in [3.63, 3.8) is 0 Å². The maximum atomic E-state index is 10.6. The number of nitrogens with one attached hydrogen (secondary N) is 2. The van der Waals surface area contributed by atoms with Crippen LogP contribution in [0, 0.1) is 14.9 Å². The van der Waals surface area contributed by atoms with Crippen molar-refractivity contribution in [2.75, 3.05) is 0 Å². The number of rotatable bonds is 1. The number of aromatic nitrogens is 2. The Morgan fingerprint density at radius 3 is 2.60 bits per heavy atom. The van der Waals surface area contributed by atoms with Crippen molar-refractivity contribution in [3.05, 3.63) is 33.1 Å². The van der Waals surface area contributed by atoms with E-state index < -0.39 is 4.92 Å². The molecule has 0 fully saturated rings. The minimum Gasteiger partial charge on any atom is -0.331 e. The maximum Gasteiger partial charge on any atom is 0.294 e. The van der Waals surface area contributed by atoms with E-state index in [1.54, 1.807) is 12.1 Å². The molecule has 5 nitrogen and oxygen atoms in total. The monoisotopic (exact) mass is 225 g/mol. The standard InChI is InChI=1S/C7H5N3O2S.C2H6/c11-10(12)5-3-1-2-4-6(5)9-7(13)8-4;1-2/h1-3H,(H2,8,9,13);1-2H3. The van der Waals surface area contributed by atoms with Gasteiger partial charge in [0, 0.05) is 6.07 Å². The Morgan fingerprint density at radius 1 is 1.33 bits per heavy atom. The highest BCUT2D eigenvalue weighted by Crippen LogP contribution is 2.21. The van der Waals surface area contributed by atoms with E-state index in [1.165, 1.54) is 6.07 Å². The lowest BCUT2D eigenvalue weighted by Gasteiger charge is -1.90. The van der Waals surface area contributed by atoms with Gasteiger partial charge in [0.05, 0.1) is 10.4 Å². The molecule has 0 saturated carbocycles. The van der Waals surface area contributed by atoms with E-state index in [2.05, 4.69) is 9.97 Å². The normalized spacial score (nSPS) is 9.47. The fourth-order valence-electron chi connectivity index (χ4n) is 1.19. The number of non-ortho nitro benzene ring substituents is 1. The molecule has 15 heavy (non-hydrogen) atoms. The minimum atomic E-state index is -0.443. The van der Waals surface area contributed by atoms with Gasteiger partial charge < -0.3 is 9.97 Å². The molecule has 2 rings (SSSR count). The van der Waals surface area contributed by atoms with Gasteiger partial charge in [0.15, 0.2) is 4.77 Å². The summed E-state index contributed by atoms with van der Waals surface area (Å²) in [5, 5.41) is 10.6. The van der Waals surface area contributed by atoms with Crippen LogP contribution >= 0.6 is 12.2 Å². The lowest BCUT2D eigenvalue weighted by atomic mass is 10.3.